The highest BCUT2D eigenvalue weighted by Crippen LogP contribution is 2.27. The SMILES string of the molecule is CC(=O)C(CONc1ccccc1)=NNc1cc([N+](=O)[O-])ccc1O. The molecule has 9 heteroatoms. The van der Waals surface area contributed by atoms with E-state index in [0.29, 0.717) is 5.69 Å². The molecule has 9 nitrogen and oxygen atoms in total. The number of phenols is 1. The third kappa shape index (κ3) is 5.29. The molecule has 0 aromatic heterocycles. The normalized spacial score (nSPS) is 11.0. The average molecular weight is 344 g/mol. The van der Waals surface area contributed by atoms with Crippen LogP contribution in [0.5, 0.6) is 5.75 Å². The summed E-state index contributed by atoms with van der Waals surface area (Å²) in [5.74, 6) is -0.590. The van der Waals surface area contributed by atoms with E-state index in [1.165, 1.54) is 6.92 Å². The predicted molar refractivity (Wildman–Crippen MR) is 92.5 cm³/mol. The quantitative estimate of drug-likeness (QED) is 0.291. The molecule has 0 spiro atoms. The molecule has 2 aromatic carbocycles. The first-order valence-electron chi connectivity index (χ1n) is 7.21. The molecule has 0 aliphatic carbocycles. The van der Waals surface area contributed by atoms with Crippen molar-refractivity contribution in [2.75, 3.05) is 17.5 Å². The van der Waals surface area contributed by atoms with Gasteiger partial charge in [-0.25, -0.2) is 0 Å². The van der Waals surface area contributed by atoms with Crippen molar-refractivity contribution in [2.24, 2.45) is 5.10 Å². The molecular formula is C16H16N4O5. The third-order valence-electron chi connectivity index (χ3n) is 3.08. The van der Waals surface area contributed by atoms with E-state index < -0.39 is 4.92 Å². The van der Waals surface area contributed by atoms with Gasteiger partial charge in [0.1, 0.15) is 23.8 Å². The summed E-state index contributed by atoms with van der Waals surface area (Å²) in [6, 6.07) is 12.5. The molecule has 0 aliphatic rings. The fraction of sp³-hybridized carbons (Fsp3) is 0.125. The largest absolute Gasteiger partial charge is 0.506 e. The Labute approximate surface area is 143 Å². The smallest absolute Gasteiger partial charge is 0.271 e. The minimum absolute atomic E-state index is 0.00367. The predicted octanol–water partition coefficient (Wildman–Crippen LogP) is 2.70. The van der Waals surface area contributed by atoms with Gasteiger partial charge in [0.15, 0.2) is 5.78 Å². The van der Waals surface area contributed by atoms with Gasteiger partial charge in [-0.3, -0.25) is 30.7 Å². The molecule has 0 saturated heterocycles. The Morgan fingerprint density at radius 3 is 2.64 bits per heavy atom. The van der Waals surface area contributed by atoms with Crippen LogP contribution in [0.25, 0.3) is 0 Å². The van der Waals surface area contributed by atoms with E-state index in [-0.39, 0.29) is 35.2 Å². The number of hydrogen-bond donors (Lipinski definition) is 3. The molecule has 2 aromatic rings. The number of rotatable bonds is 8. The molecule has 0 fully saturated rings. The second-order valence-electron chi connectivity index (χ2n) is 4.94. The number of benzene rings is 2. The highest BCUT2D eigenvalue weighted by atomic mass is 16.6. The van der Waals surface area contributed by atoms with E-state index in [0.717, 1.165) is 18.2 Å². The number of ketones is 1. The summed E-state index contributed by atoms with van der Waals surface area (Å²) < 4.78 is 0. The molecule has 0 bridgehead atoms. The number of nitro benzene ring substituents is 1. The van der Waals surface area contributed by atoms with Crippen LogP contribution in [-0.4, -0.2) is 28.1 Å². The number of nitro groups is 1. The van der Waals surface area contributed by atoms with Crippen molar-refractivity contribution in [3.63, 3.8) is 0 Å². The van der Waals surface area contributed by atoms with Crippen LogP contribution in [0.4, 0.5) is 17.1 Å². The van der Waals surface area contributed by atoms with Crippen LogP contribution in [0.3, 0.4) is 0 Å². The molecule has 0 heterocycles. The van der Waals surface area contributed by atoms with Gasteiger partial charge in [-0.1, -0.05) is 18.2 Å². The number of Topliss-reactive ketones (excluding diaryl/α,β-unsaturated/α-hetero) is 1. The number of aromatic hydroxyl groups is 1. The molecule has 3 N–H and O–H groups in total. The number of nitrogens with zero attached hydrogens (tertiary/aromatic N) is 2. The van der Waals surface area contributed by atoms with Gasteiger partial charge in [-0.15, -0.1) is 0 Å². The van der Waals surface area contributed by atoms with Crippen LogP contribution in [0, 0.1) is 10.1 Å². The van der Waals surface area contributed by atoms with Crippen LogP contribution in [-0.2, 0) is 9.63 Å². The fourth-order valence-electron chi connectivity index (χ4n) is 1.76. The Bertz CT molecular complexity index is 792. The summed E-state index contributed by atoms with van der Waals surface area (Å²) in [6.07, 6.45) is 0. The lowest BCUT2D eigenvalue weighted by Crippen LogP contribution is -2.21. The van der Waals surface area contributed by atoms with Crippen molar-refractivity contribution < 1.29 is 19.7 Å². The Morgan fingerprint density at radius 2 is 2.00 bits per heavy atom. The number of para-hydroxylation sites is 1. The molecule has 0 amide bonds. The lowest BCUT2D eigenvalue weighted by molar-refractivity contribution is -0.384. The second-order valence-corrected chi connectivity index (χ2v) is 4.94. The number of phenolic OH excluding ortho intramolecular Hbond substituents is 1. The van der Waals surface area contributed by atoms with Crippen LogP contribution in [0.2, 0.25) is 0 Å². The number of hydrazone groups is 1. The maximum absolute atomic E-state index is 11.6. The van der Waals surface area contributed by atoms with Gasteiger partial charge in [0.2, 0.25) is 0 Å². The monoisotopic (exact) mass is 344 g/mol. The van der Waals surface area contributed by atoms with Crippen molar-refractivity contribution in [2.45, 2.75) is 6.92 Å². The van der Waals surface area contributed by atoms with Gasteiger partial charge in [0.25, 0.3) is 5.69 Å². The van der Waals surface area contributed by atoms with Crippen LogP contribution in [0.15, 0.2) is 53.6 Å². The average Bonchev–Trinajstić information content (AvgIpc) is 2.59. The first-order valence-corrected chi connectivity index (χ1v) is 7.21. The lowest BCUT2D eigenvalue weighted by Gasteiger charge is -2.08. The molecule has 0 saturated carbocycles. The highest BCUT2D eigenvalue weighted by molar-refractivity contribution is 6.39. The summed E-state index contributed by atoms with van der Waals surface area (Å²) >= 11 is 0. The molecule has 2 rings (SSSR count). The fourth-order valence-corrected chi connectivity index (χ4v) is 1.76. The first-order chi connectivity index (χ1) is 12.0. The van der Waals surface area contributed by atoms with E-state index in [1.807, 2.05) is 18.2 Å². The van der Waals surface area contributed by atoms with Gasteiger partial charge in [0.05, 0.1) is 10.6 Å². The summed E-state index contributed by atoms with van der Waals surface area (Å²) in [4.78, 5) is 27.0. The maximum Gasteiger partial charge on any atom is 0.271 e. The molecule has 0 atom stereocenters. The number of hydrogen-bond acceptors (Lipinski definition) is 8. The van der Waals surface area contributed by atoms with E-state index in [4.69, 9.17) is 4.84 Å². The Morgan fingerprint density at radius 1 is 1.28 bits per heavy atom. The van der Waals surface area contributed by atoms with E-state index in [2.05, 4.69) is 16.0 Å². The topological polar surface area (TPSA) is 126 Å². The zero-order chi connectivity index (χ0) is 18.2. The van der Waals surface area contributed by atoms with Gasteiger partial charge in [0, 0.05) is 19.1 Å². The van der Waals surface area contributed by atoms with E-state index in [1.54, 1.807) is 12.1 Å². The molecule has 0 radical (unpaired) electrons. The standard InChI is InChI=1S/C16H16N4O5/c1-11(21)15(10-25-19-12-5-3-2-4-6-12)18-17-14-9-13(20(23)24)7-8-16(14)22/h2-9,17,19,22H,10H2,1H3. The molecule has 0 unspecified atom stereocenters. The van der Waals surface area contributed by atoms with Crippen molar-refractivity contribution >= 4 is 28.6 Å². The highest BCUT2D eigenvalue weighted by Gasteiger charge is 2.11. The second kappa shape index (κ2) is 8.41. The van der Waals surface area contributed by atoms with Crippen molar-refractivity contribution in [3.05, 3.63) is 58.6 Å². The zero-order valence-corrected chi connectivity index (χ0v) is 13.3. The summed E-state index contributed by atoms with van der Waals surface area (Å²) in [6.45, 7) is 1.16. The molecule has 25 heavy (non-hydrogen) atoms. The van der Waals surface area contributed by atoms with Crippen molar-refractivity contribution in [1.82, 2.24) is 0 Å². The number of non-ortho nitro benzene ring substituents is 1. The number of carbonyl (C=O) groups is 1. The molecular weight excluding hydrogens is 328 g/mol. The molecule has 0 aliphatic heterocycles. The maximum atomic E-state index is 11.6. The Hall–Kier alpha value is -3.46. The van der Waals surface area contributed by atoms with Crippen molar-refractivity contribution in [1.29, 1.82) is 0 Å². The summed E-state index contributed by atoms with van der Waals surface area (Å²) in [5.41, 5.74) is 5.63. The third-order valence-corrected chi connectivity index (χ3v) is 3.08. The van der Waals surface area contributed by atoms with Crippen LogP contribution in [0.1, 0.15) is 6.92 Å². The minimum Gasteiger partial charge on any atom is -0.506 e. The molecule has 130 valence electrons. The number of nitrogens with one attached hydrogen (secondary N) is 2. The zero-order valence-electron chi connectivity index (χ0n) is 13.3. The van der Waals surface area contributed by atoms with Gasteiger partial charge in [-0.05, 0) is 18.2 Å². The lowest BCUT2D eigenvalue weighted by atomic mass is 10.2. The van der Waals surface area contributed by atoms with Gasteiger partial charge < -0.3 is 5.11 Å². The number of anilines is 2. The van der Waals surface area contributed by atoms with Crippen molar-refractivity contribution in [3.8, 4) is 5.75 Å². The van der Waals surface area contributed by atoms with E-state index in [9.17, 15) is 20.0 Å². The summed E-state index contributed by atoms with van der Waals surface area (Å²) in [5, 5.41) is 24.3. The van der Waals surface area contributed by atoms with Crippen LogP contribution >= 0.6 is 0 Å². The number of carbonyl (C=O) groups excluding carboxylic acids is 1. The van der Waals surface area contributed by atoms with E-state index >= 15 is 0 Å². The van der Waals surface area contributed by atoms with Gasteiger partial charge in [-0.2, -0.15) is 5.10 Å². The Balaban J connectivity index is 2.03. The van der Waals surface area contributed by atoms with Crippen LogP contribution < -0.4 is 10.9 Å². The van der Waals surface area contributed by atoms with Gasteiger partial charge >= 0.3 is 0 Å². The first kappa shape index (κ1) is 17.9. The minimum atomic E-state index is -0.604. The Kier molecular flexibility index (Phi) is 6.02. The summed E-state index contributed by atoms with van der Waals surface area (Å²) in [7, 11) is 0.